The summed E-state index contributed by atoms with van der Waals surface area (Å²) in [5.74, 6) is -0.431. The van der Waals surface area contributed by atoms with Crippen LogP contribution in [0.4, 0.5) is 0 Å². The second kappa shape index (κ2) is 10.7. The van der Waals surface area contributed by atoms with Crippen LogP contribution in [0.25, 0.3) is 0 Å². The zero-order valence-electron chi connectivity index (χ0n) is 16.7. The van der Waals surface area contributed by atoms with Crippen LogP contribution in [0.3, 0.4) is 0 Å². The number of likely N-dealkylation sites (tertiary alicyclic amines) is 1. The molecule has 0 radical (unpaired) electrons. The van der Waals surface area contributed by atoms with Gasteiger partial charge in [-0.3, -0.25) is 4.79 Å². The van der Waals surface area contributed by atoms with Crippen molar-refractivity contribution in [3.8, 4) is 0 Å². The summed E-state index contributed by atoms with van der Waals surface area (Å²) in [6, 6.07) is -0.437. The van der Waals surface area contributed by atoms with Gasteiger partial charge in [-0.15, -0.1) is 0 Å². The van der Waals surface area contributed by atoms with Gasteiger partial charge < -0.3 is 9.64 Å². The largest absolute Gasteiger partial charge is 0.467 e. The van der Waals surface area contributed by atoms with E-state index >= 15 is 0 Å². The highest BCUT2D eigenvalue weighted by molar-refractivity contribution is 9.11. The maximum Gasteiger partial charge on any atom is 0.328 e. The topological polar surface area (TPSA) is 46.6 Å². The maximum atomic E-state index is 12.5. The van der Waals surface area contributed by atoms with Crippen molar-refractivity contribution in [2.75, 3.05) is 13.7 Å². The van der Waals surface area contributed by atoms with Crippen LogP contribution >= 0.6 is 15.9 Å². The van der Waals surface area contributed by atoms with Crippen LogP contribution in [-0.2, 0) is 14.3 Å². The van der Waals surface area contributed by atoms with Gasteiger partial charge in [0.05, 0.1) is 7.11 Å². The standard InChI is InChI=1S/C21H32BrNO3/c1-16(8-6-9-17(2)22)11-13-21(3,4)14-12-19(24)23-15-7-10-18(23)20(25)26-5/h9,11-12,14,18H,6-8,10,13,15H2,1-5H3/b14-12+,16-11+,17-9+/t18-/m0/s1. The van der Waals surface area contributed by atoms with Gasteiger partial charge in [-0.2, -0.15) is 0 Å². The van der Waals surface area contributed by atoms with Gasteiger partial charge in [-0.25, -0.2) is 4.79 Å². The molecule has 0 unspecified atom stereocenters. The number of carbonyl (C=O) groups is 2. The summed E-state index contributed by atoms with van der Waals surface area (Å²) in [4.78, 5) is 25.9. The Morgan fingerprint density at radius 3 is 2.58 bits per heavy atom. The molecule has 0 aromatic rings. The summed E-state index contributed by atoms with van der Waals surface area (Å²) >= 11 is 3.44. The molecule has 0 aliphatic carbocycles. The number of amides is 1. The summed E-state index contributed by atoms with van der Waals surface area (Å²) < 4.78 is 5.97. The van der Waals surface area contributed by atoms with E-state index in [4.69, 9.17) is 4.74 Å². The molecule has 146 valence electrons. The van der Waals surface area contributed by atoms with E-state index in [-0.39, 0.29) is 17.3 Å². The average molecular weight is 426 g/mol. The quantitative estimate of drug-likeness (QED) is 0.306. The number of nitrogens with zero attached hydrogens (tertiary/aromatic N) is 1. The molecule has 0 aromatic heterocycles. The number of halogens is 1. The molecule has 0 N–H and O–H groups in total. The molecule has 5 heteroatoms. The second-order valence-corrected chi connectivity index (χ2v) is 8.87. The van der Waals surface area contributed by atoms with E-state index in [0.717, 1.165) is 25.7 Å². The first-order valence-corrected chi connectivity index (χ1v) is 10.0. The van der Waals surface area contributed by atoms with Gasteiger partial charge in [0.15, 0.2) is 0 Å². The van der Waals surface area contributed by atoms with Crippen molar-refractivity contribution >= 4 is 27.8 Å². The summed E-state index contributed by atoms with van der Waals surface area (Å²) in [7, 11) is 1.37. The molecule has 1 aliphatic rings. The van der Waals surface area contributed by atoms with Crippen molar-refractivity contribution in [3.05, 3.63) is 34.4 Å². The Balaban J connectivity index is 2.60. The molecule has 1 rings (SSSR count). The zero-order valence-corrected chi connectivity index (χ0v) is 18.3. The smallest absolute Gasteiger partial charge is 0.328 e. The van der Waals surface area contributed by atoms with Crippen LogP contribution in [0.2, 0.25) is 0 Å². The van der Waals surface area contributed by atoms with Crippen LogP contribution < -0.4 is 0 Å². The molecule has 1 heterocycles. The third-order valence-electron chi connectivity index (χ3n) is 4.63. The molecule has 1 amide bonds. The number of hydrogen-bond donors (Lipinski definition) is 0. The van der Waals surface area contributed by atoms with Crippen molar-refractivity contribution in [2.24, 2.45) is 5.41 Å². The highest BCUT2D eigenvalue weighted by Crippen LogP contribution is 2.25. The predicted octanol–water partition coefficient (Wildman–Crippen LogP) is 5.15. The van der Waals surface area contributed by atoms with Gasteiger partial charge in [0.25, 0.3) is 0 Å². The number of esters is 1. The van der Waals surface area contributed by atoms with Gasteiger partial charge >= 0.3 is 5.97 Å². The fourth-order valence-corrected chi connectivity index (χ4v) is 3.14. The molecule has 1 atom stereocenters. The van der Waals surface area contributed by atoms with E-state index in [2.05, 4.69) is 48.9 Å². The molecule has 26 heavy (non-hydrogen) atoms. The third-order valence-corrected chi connectivity index (χ3v) is 4.95. The van der Waals surface area contributed by atoms with Crippen molar-refractivity contribution in [1.82, 2.24) is 4.90 Å². The molecule has 1 aliphatic heterocycles. The van der Waals surface area contributed by atoms with E-state index in [1.165, 1.54) is 17.2 Å². The van der Waals surface area contributed by atoms with Gasteiger partial charge in [0.1, 0.15) is 6.04 Å². The molecule has 0 aromatic carbocycles. The minimum atomic E-state index is -0.437. The average Bonchev–Trinajstić information content (AvgIpc) is 3.07. The Bertz CT molecular complexity index is 586. The normalized spacial score (nSPS) is 19.3. The van der Waals surface area contributed by atoms with Gasteiger partial charge in [-0.1, -0.05) is 53.6 Å². The number of ether oxygens (including phenoxy) is 1. The highest BCUT2D eigenvalue weighted by atomic mass is 79.9. The van der Waals surface area contributed by atoms with Crippen molar-refractivity contribution in [1.29, 1.82) is 0 Å². The summed E-state index contributed by atoms with van der Waals surface area (Å²) in [5.41, 5.74) is 1.24. The van der Waals surface area contributed by atoms with Gasteiger partial charge in [0, 0.05) is 6.54 Å². The lowest BCUT2D eigenvalue weighted by Gasteiger charge is -2.22. The number of carbonyl (C=O) groups excluding carboxylic acids is 2. The first kappa shape index (κ1) is 22.7. The summed E-state index contributed by atoms with van der Waals surface area (Å²) in [6.45, 7) is 9.03. The van der Waals surface area contributed by atoms with Crippen LogP contribution in [0.1, 0.15) is 59.8 Å². The molecule has 1 fully saturated rings. The monoisotopic (exact) mass is 425 g/mol. The Morgan fingerprint density at radius 2 is 1.96 bits per heavy atom. The maximum absolute atomic E-state index is 12.5. The molecule has 0 bridgehead atoms. The lowest BCUT2D eigenvalue weighted by Crippen LogP contribution is -2.40. The lowest BCUT2D eigenvalue weighted by molar-refractivity contribution is -0.149. The minimum Gasteiger partial charge on any atom is -0.467 e. The van der Waals surface area contributed by atoms with Gasteiger partial charge in [0.2, 0.25) is 5.91 Å². The SMILES string of the molecule is COC(=O)[C@@H]1CCCN1C(=O)/C=C/C(C)(C)C/C=C(\C)CC/C=C(\C)Br. The van der Waals surface area contributed by atoms with Crippen molar-refractivity contribution < 1.29 is 14.3 Å². The van der Waals surface area contributed by atoms with Gasteiger partial charge in [-0.05, 0) is 61.9 Å². The fourth-order valence-electron chi connectivity index (χ4n) is 2.91. The van der Waals surface area contributed by atoms with Crippen LogP contribution in [-0.4, -0.2) is 36.5 Å². The van der Waals surface area contributed by atoms with Crippen LogP contribution in [0, 0.1) is 5.41 Å². The Labute approximate surface area is 166 Å². The summed E-state index contributed by atoms with van der Waals surface area (Å²) in [5, 5.41) is 0. The second-order valence-electron chi connectivity index (χ2n) is 7.62. The van der Waals surface area contributed by atoms with Crippen LogP contribution in [0.5, 0.6) is 0 Å². The molecule has 0 spiro atoms. The van der Waals surface area contributed by atoms with E-state index in [0.29, 0.717) is 13.0 Å². The lowest BCUT2D eigenvalue weighted by atomic mass is 9.87. The molecule has 0 saturated carbocycles. The molecular weight excluding hydrogens is 394 g/mol. The zero-order chi connectivity index (χ0) is 19.7. The van der Waals surface area contributed by atoms with E-state index in [9.17, 15) is 9.59 Å². The third kappa shape index (κ3) is 7.90. The number of hydrogen-bond acceptors (Lipinski definition) is 3. The van der Waals surface area contributed by atoms with Crippen molar-refractivity contribution in [2.45, 2.75) is 65.8 Å². The van der Waals surface area contributed by atoms with Crippen LogP contribution in [0.15, 0.2) is 34.4 Å². The first-order valence-electron chi connectivity index (χ1n) is 9.22. The number of rotatable bonds is 8. The molecular formula is C21H32BrNO3. The summed E-state index contributed by atoms with van der Waals surface area (Å²) in [6.07, 6.45) is 12.4. The van der Waals surface area contributed by atoms with E-state index in [1.807, 2.05) is 13.0 Å². The highest BCUT2D eigenvalue weighted by Gasteiger charge is 2.33. The molecule has 1 saturated heterocycles. The Kier molecular flexibility index (Phi) is 9.34. The predicted molar refractivity (Wildman–Crippen MR) is 110 cm³/mol. The Hall–Kier alpha value is -1.36. The number of allylic oxidation sites excluding steroid dienone is 5. The fraction of sp³-hybridized carbons (Fsp3) is 0.619. The molecule has 4 nitrogen and oxygen atoms in total. The first-order chi connectivity index (χ1) is 12.2. The van der Waals surface area contributed by atoms with E-state index < -0.39 is 6.04 Å². The van der Waals surface area contributed by atoms with Crippen molar-refractivity contribution in [3.63, 3.8) is 0 Å². The number of methoxy groups -OCH3 is 1. The van der Waals surface area contributed by atoms with E-state index in [1.54, 1.807) is 11.0 Å². The minimum absolute atomic E-state index is 0.107. The Morgan fingerprint density at radius 1 is 1.27 bits per heavy atom.